The van der Waals surface area contributed by atoms with Gasteiger partial charge in [0.05, 0.1) is 10.6 Å². The Bertz CT molecular complexity index is 532. The lowest BCUT2D eigenvalue weighted by molar-refractivity contribution is -0.384. The van der Waals surface area contributed by atoms with Gasteiger partial charge in [0.2, 0.25) is 0 Å². The van der Waals surface area contributed by atoms with E-state index in [0.29, 0.717) is 6.54 Å². The monoisotopic (exact) mass is 293 g/mol. The van der Waals surface area contributed by atoms with Crippen molar-refractivity contribution in [3.63, 3.8) is 0 Å². The van der Waals surface area contributed by atoms with Crippen molar-refractivity contribution in [2.75, 3.05) is 32.1 Å². The molecule has 0 radical (unpaired) electrons. The highest BCUT2D eigenvalue weighted by Crippen LogP contribution is 2.25. The average Bonchev–Trinajstić information content (AvgIpc) is 2.42. The first-order valence-electron chi connectivity index (χ1n) is 7.01. The van der Waals surface area contributed by atoms with E-state index in [9.17, 15) is 10.1 Å². The second kappa shape index (κ2) is 5.97. The summed E-state index contributed by atoms with van der Waals surface area (Å²) in [5.41, 5.74) is 4.40. The Morgan fingerprint density at radius 1 is 1.43 bits per heavy atom. The molecule has 0 unspecified atom stereocenters. The molecule has 1 fully saturated rings. The van der Waals surface area contributed by atoms with Gasteiger partial charge in [-0.2, -0.15) is 0 Å². The van der Waals surface area contributed by atoms with E-state index < -0.39 is 0 Å². The van der Waals surface area contributed by atoms with Crippen molar-refractivity contribution >= 4 is 11.4 Å². The Hall–Kier alpha value is -1.70. The molecule has 0 bridgehead atoms. The van der Waals surface area contributed by atoms with Crippen LogP contribution in [0.1, 0.15) is 19.4 Å². The molecule has 1 heterocycles. The van der Waals surface area contributed by atoms with E-state index in [1.54, 1.807) is 12.1 Å². The van der Waals surface area contributed by atoms with E-state index in [4.69, 9.17) is 5.84 Å². The molecule has 0 aliphatic carbocycles. The summed E-state index contributed by atoms with van der Waals surface area (Å²) in [6.45, 7) is 7.89. The molecule has 0 spiro atoms. The van der Waals surface area contributed by atoms with Gasteiger partial charge in [-0.05, 0) is 32.5 Å². The molecule has 0 aromatic heterocycles. The SMILES string of the molecule is CN1CCN(Cc2cc([N+](=O)[O-])ccc2NN)CC1(C)C. The van der Waals surface area contributed by atoms with Crippen LogP contribution in [0.25, 0.3) is 0 Å². The highest BCUT2D eigenvalue weighted by Gasteiger charge is 2.31. The first kappa shape index (κ1) is 15.7. The minimum atomic E-state index is -0.377. The Morgan fingerprint density at radius 3 is 2.71 bits per heavy atom. The number of nitrogen functional groups attached to an aromatic ring is 1. The van der Waals surface area contributed by atoms with E-state index in [1.807, 2.05) is 0 Å². The van der Waals surface area contributed by atoms with Gasteiger partial charge in [0, 0.05) is 43.9 Å². The molecule has 0 saturated carbocycles. The van der Waals surface area contributed by atoms with Crippen molar-refractivity contribution in [3.8, 4) is 0 Å². The largest absolute Gasteiger partial charge is 0.324 e. The zero-order valence-corrected chi connectivity index (χ0v) is 12.8. The van der Waals surface area contributed by atoms with Crippen LogP contribution in [0.2, 0.25) is 0 Å². The van der Waals surface area contributed by atoms with Crippen LogP contribution in [0.3, 0.4) is 0 Å². The fraction of sp³-hybridized carbons (Fsp3) is 0.571. The number of non-ortho nitro benzene ring substituents is 1. The fourth-order valence-electron chi connectivity index (χ4n) is 2.68. The molecule has 1 aliphatic rings. The number of likely N-dealkylation sites (N-methyl/N-ethyl adjacent to an activating group) is 1. The predicted octanol–water partition coefficient (Wildman–Crippen LogP) is 1.41. The second-order valence-electron chi connectivity index (χ2n) is 6.19. The van der Waals surface area contributed by atoms with E-state index in [1.165, 1.54) is 6.07 Å². The lowest BCUT2D eigenvalue weighted by atomic mass is 9.99. The van der Waals surface area contributed by atoms with Crippen molar-refractivity contribution in [2.45, 2.75) is 25.9 Å². The summed E-state index contributed by atoms with van der Waals surface area (Å²) in [7, 11) is 2.12. The van der Waals surface area contributed by atoms with Crippen LogP contribution in [-0.4, -0.2) is 46.9 Å². The molecule has 0 atom stereocenters. The molecule has 21 heavy (non-hydrogen) atoms. The van der Waals surface area contributed by atoms with E-state index in [0.717, 1.165) is 30.9 Å². The normalized spacial score (nSPS) is 19.4. The van der Waals surface area contributed by atoms with Crippen LogP contribution in [0, 0.1) is 10.1 Å². The third kappa shape index (κ3) is 3.49. The molecule has 0 amide bonds. The zero-order valence-electron chi connectivity index (χ0n) is 12.8. The third-order valence-corrected chi connectivity index (χ3v) is 4.24. The highest BCUT2D eigenvalue weighted by molar-refractivity contribution is 5.55. The molecule has 1 aromatic carbocycles. The number of rotatable bonds is 4. The van der Waals surface area contributed by atoms with Crippen molar-refractivity contribution in [2.24, 2.45) is 5.84 Å². The first-order chi connectivity index (χ1) is 9.83. The summed E-state index contributed by atoms with van der Waals surface area (Å²) in [6, 6.07) is 4.72. The standard InChI is InChI=1S/C14H23N5O2/c1-14(2)10-18(7-6-17(14)3)9-11-8-12(19(20)21)4-5-13(11)16-15/h4-5,8,16H,6-7,9-10,15H2,1-3H3. The molecular formula is C14H23N5O2. The molecule has 116 valence electrons. The minimum absolute atomic E-state index is 0.0925. The lowest BCUT2D eigenvalue weighted by Crippen LogP contribution is -2.57. The van der Waals surface area contributed by atoms with Crippen LogP contribution >= 0.6 is 0 Å². The van der Waals surface area contributed by atoms with Crippen molar-refractivity contribution in [1.29, 1.82) is 0 Å². The Balaban J connectivity index is 2.18. The maximum Gasteiger partial charge on any atom is 0.269 e. The number of hydrazine groups is 1. The van der Waals surface area contributed by atoms with Crippen molar-refractivity contribution in [3.05, 3.63) is 33.9 Å². The number of nitro benzene ring substituents is 1. The number of piperazine rings is 1. The average molecular weight is 293 g/mol. The Kier molecular flexibility index (Phi) is 4.46. The number of nitro groups is 1. The summed E-state index contributed by atoms with van der Waals surface area (Å²) in [5, 5.41) is 10.9. The maximum atomic E-state index is 10.9. The van der Waals surface area contributed by atoms with Gasteiger partial charge in [-0.1, -0.05) is 0 Å². The van der Waals surface area contributed by atoms with E-state index in [-0.39, 0.29) is 16.1 Å². The number of nitrogens with zero attached hydrogens (tertiary/aromatic N) is 3. The molecule has 1 aromatic rings. The molecule has 1 saturated heterocycles. The van der Waals surface area contributed by atoms with Gasteiger partial charge in [0.25, 0.3) is 5.69 Å². The summed E-state index contributed by atoms with van der Waals surface area (Å²) in [5.74, 6) is 5.51. The molecule has 2 rings (SSSR count). The quantitative estimate of drug-likeness (QED) is 0.496. The van der Waals surface area contributed by atoms with Gasteiger partial charge >= 0.3 is 0 Å². The summed E-state index contributed by atoms with van der Waals surface area (Å²) >= 11 is 0. The van der Waals surface area contributed by atoms with Gasteiger partial charge in [-0.25, -0.2) is 0 Å². The third-order valence-electron chi connectivity index (χ3n) is 4.24. The van der Waals surface area contributed by atoms with Gasteiger partial charge in [0.15, 0.2) is 0 Å². The van der Waals surface area contributed by atoms with Gasteiger partial charge in [-0.15, -0.1) is 0 Å². The van der Waals surface area contributed by atoms with Gasteiger partial charge in [-0.3, -0.25) is 25.8 Å². The Morgan fingerprint density at radius 2 is 2.14 bits per heavy atom. The number of hydrogen-bond acceptors (Lipinski definition) is 6. The maximum absolute atomic E-state index is 10.9. The summed E-state index contributed by atoms with van der Waals surface area (Å²) in [6.07, 6.45) is 0. The molecule has 7 nitrogen and oxygen atoms in total. The molecule has 1 aliphatic heterocycles. The smallest absolute Gasteiger partial charge is 0.269 e. The van der Waals surface area contributed by atoms with Crippen LogP contribution in [0.5, 0.6) is 0 Å². The first-order valence-corrected chi connectivity index (χ1v) is 7.01. The second-order valence-corrected chi connectivity index (χ2v) is 6.19. The number of nitrogens with one attached hydrogen (secondary N) is 1. The summed E-state index contributed by atoms with van der Waals surface area (Å²) in [4.78, 5) is 15.2. The minimum Gasteiger partial charge on any atom is -0.324 e. The van der Waals surface area contributed by atoms with Crippen molar-refractivity contribution < 1.29 is 4.92 Å². The summed E-state index contributed by atoms with van der Waals surface area (Å²) < 4.78 is 0. The molecule has 3 N–H and O–H groups in total. The zero-order chi connectivity index (χ0) is 15.6. The lowest BCUT2D eigenvalue weighted by Gasteiger charge is -2.45. The number of anilines is 1. The van der Waals surface area contributed by atoms with Crippen LogP contribution in [-0.2, 0) is 6.54 Å². The number of hydrogen-bond donors (Lipinski definition) is 2. The van der Waals surface area contributed by atoms with Crippen LogP contribution < -0.4 is 11.3 Å². The number of nitrogens with two attached hydrogens (primary N) is 1. The van der Waals surface area contributed by atoms with Crippen molar-refractivity contribution in [1.82, 2.24) is 9.80 Å². The molecule has 7 heteroatoms. The fourth-order valence-corrected chi connectivity index (χ4v) is 2.68. The topological polar surface area (TPSA) is 87.7 Å². The highest BCUT2D eigenvalue weighted by atomic mass is 16.6. The Labute approximate surface area is 124 Å². The van der Waals surface area contributed by atoms with Crippen LogP contribution in [0.4, 0.5) is 11.4 Å². The van der Waals surface area contributed by atoms with Gasteiger partial charge in [0.1, 0.15) is 0 Å². The van der Waals surface area contributed by atoms with E-state index in [2.05, 4.69) is 36.1 Å². The van der Waals surface area contributed by atoms with Gasteiger partial charge < -0.3 is 5.43 Å². The van der Waals surface area contributed by atoms with Crippen LogP contribution in [0.15, 0.2) is 18.2 Å². The van der Waals surface area contributed by atoms with E-state index >= 15 is 0 Å². The molecular weight excluding hydrogens is 270 g/mol. The number of benzene rings is 1. The predicted molar refractivity (Wildman–Crippen MR) is 82.9 cm³/mol.